The van der Waals surface area contributed by atoms with E-state index in [0.717, 1.165) is 10.5 Å². The summed E-state index contributed by atoms with van der Waals surface area (Å²) in [6, 6.07) is -1.47. The lowest BCUT2D eigenvalue weighted by molar-refractivity contribution is -0.141. The Morgan fingerprint density at radius 3 is 3.00 bits per heavy atom. The van der Waals surface area contributed by atoms with Crippen LogP contribution in [0, 0.1) is 0 Å². The van der Waals surface area contributed by atoms with Crippen LogP contribution in [-0.2, 0) is 11.3 Å². The first-order valence-corrected chi connectivity index (χ1v) is 5.51. The molecular formula is C10H14N4O4. The van der Waals surface area contributed by atoms with E-state index in [9.17, 15) is 14.7 Å². The lowest BCUT2D eigenvalue weighted by atomic mass is 10.2. The zero-order valence-corrected chi connectivity index (χ0v) is 9.54. The summed E-state index contributed by atoms with van der Waals surface area (Å²) in [6.07, 6.45) is 2.47. The van der Waals surface area contributed by atoms with E-state index in [4.69, 9.17) is 5.11 Å². The number of β-amino-alcohol motifs (C(OH)–C–C–N with tert-alkyl or cyclic N) is 1. The fourth-order valence-electron chi connectivity index (χ4n) is 1.93. The molecule has 0 bridgehead atoms. The van der Waals surface area contributed by atoms with Crippen LogP contribution in [0.5, 0.6) is 0 Å². The van der Waals surface area contributed by atoms with Crippen molar-refractivity contribution < 1.29 is 19.8 Å². The van der Waals surface area contributed by atoms with E-state index in [-0.39, 0.29) is 19.5 Å². The van der Waals surface area contributed by atoms with Crippen LogP contribution in [0.3, 0.4) is 0 Å². The standard InChI is InChI=1S/C10H14N4O4/c15-7-1-8(9(16)17)14(5-7)10(18)11-2-6-3-12-13-4-6/h3-4,7-8,15H,1-2,5H2,(H,11,18)(H,12,13)(H,16,17). The van der Waals surface area contributed by atoms with Gasteiger partial charge in [0.25, 0.3) is 0 Å². The van der Waals surface area contributed by atoms with Gasteiger partial charge in [0.15, 0.2) is 0 Å². The summed E-state index contributed by atoms with van der Waals surface area (Å²) >= 11 is 0. The number of aromatic nitrogens is 2. The third-order valence-corrected chi connectivity index (χ3v) is 2.82. The molecule has 8 nitrogen and oxygen atoms in total. The number of nitrogens with zero attached hydrogens (tertiary/aromatic N) is 2. The average Bonchev–Trinajstić information content (AvgIpc) is 2.94. The molecule has 4 N–H and O–H groups in total. The first-order chi connectivity index (χ1) is 8.58. The molecule has 2 unspecified atom stereocenters. The lowest BCUT2D eigenvalue weighted by Crippen LogP contribution is -2.45. The Bertz CT molecular complexity index is 433. The van der Waals surface area contributed by atoms with Crippen molar-refractivity contribution in [1.29, 1.82) is 0 Å². The van der Waals surface area contributed by atoms with Gasteiger partial charge in [0.1, 0.15) is 6.04 Å². The quantitative estimate of drug-likeness (QED) is 0.559. The summed E-state index contributed by atoms with van der Waals surface area (Å²) in [7, 11) is 0. The smallest absolute Gasteiger partial charge is 0.326 e. The number of carboxylic acid groups (broad SMARTS) is 1. The molecule has 2 rings (SSSR count). The van der Waals surface area contributed by atoms with E-state index in [2.05, 4.69) is 15.5 Å². The maximum absolute atomic E-state index is 11.8. The van der Waals surface area contributed by atoms with E-state index >= 15 is 0 Å². The minimum absolute atomic E-state index is 0.0359. The molecule has 2 atom stereocenters. The third-order valence-electron chi connectivity index (χ3n) is 2.82. The highest BCUT2D eigenvalue weighted by atomic mass is 16.4. The van der Waals surface area contributed by atoms with E-state index < -0.39 is 24.1 Å². The highest BCUT2D eigenvalue weighted by Crippen LogP contribution is 2.18. The molecule has 1 aromatic heterocycles. The Balaban J connectivity index is 1.93. The molecular weight excluding hydrogens is 240 g/mol. The minimum Gasteiger partial charge on any atom is -0.480 e. The molecule has 98 valence electrons. The molecule has 0 aromatic carbocycles. The summed E-state index contributed by atoms with van der Waals surface area (Å²) in [6.45, 7) is 0.294. The molecule has 1 saturated heterocycles. The van der Waals surface area contributed by atoms with Crippen molar-refractivity contribution >= 4 is 12.0 Å². The highest BCUT2D eigenvalue weighted by Gasteiger charge is 2.38. The molecule has 1 aromatic rings. The number of carboxylic acids is 1. The molecule has 8 heteroatoms. The minimum atomic E-state index is -1.11. The van der Waals surface area contributed by atoms with E-state index in [1.807, 2.05) is 0 Å². The number of nitrogens with one attached hydrogen (secondary N) is 2. The summed E-state index contributed by atoms with van der Waals surface area (Å²) in [5, 5.41) is 27.3. The van der Waals surface area contributed by atoms with Gasteiger partial charge >= 0.3 is 12.0 Å². The normalized spacial score (nSPS) is 23.1. The van der Waals surface area contributed by atoms with Crippen molar-refractivity contribution in [2.45, 2.75) is 25.1 Å². The van der Waals surface area contributed by atoms with Crippen LogP contribution in [0.25, 0.3) is 0 Å². The van der Waals surface area contributed by atoms with Crippen LogP contribution in [0.15, 0.2) is 12.4 Å². The van der Waals surface area contributed by atoms with Gasteiger partial charge in [0.05, 0.1) is 12.3 Å². The average molecular weight is 254 g/mol. The van der Waals surface area contributed by atoms with Gasteiger partial charge < -0.3 is 20.4 Å². The number of carbonyl (C=O) groups excluding carboxylic acids is 1. The van der Waals surface area contributed by atoms with Crippen molar-refractivity contribution in [2.75, 3.05) is 6.54 Å². The van der Waals surface area contributed by atoms with E-state index in [1.165, 1.54) is 0 Å². The van der Waals surface area contributed by atoms with Crippen molar-refractivity contribution in [3.63, 3.8) is 0 Å². The van der Waals surface area contributed by atoms with Crippen LogP contribution >= 0.6 is 0 Å². The van der Waals surface area contributed by atoms with Crippen LogP contribution in [0.2, 0.25) is 0 Å². The maximum atomic E-state index is 11.8. The van der Waals surface area contributed by atoms with Crippen LogP contribution in [0.1, 0.15) is 12.0 Å². The fourth-order valence-corrected chi connectivity index (χ4v) is 1.93. The first kappa shape index (κ1) is 12.4. The van der Waals surface area contributed by atoms with Crippen molar-refractivity contribution in [2.24, 2.45) is 0 Å². The van der Waals surface area contributed by atoms with Crippen molar-refractivity contribution in [3.05, 3.63) is 18.0 Å². The number of aliphatic hydroxyl groups is 1. The highest BCUT2D eigenvalue weighted by molar-refractivity contribution is 5.83. The molecule has 18 heavy (non-hydrogen) atoms. The Kier molecular flexibility index (Phi) is 3.47. The summed E-state index contributed by atoms with van der Waals surface area (Å²) in [4.78, 5) is 23.9. The van der Waals surface area contributed by atoms with Gasteiger partial charge in [-0.1, -0.05) is 0 Å². The number of hydrogen-bond donors (Lipinski definition) is 4. The second kappa shape index (κ2) is 5.05. The Morgan fingerprint density at radius 1 is 1.61 bits per heavy atom. The number of likely N-dealkylation sites (tertiary alicyclic amines) is 1. The predicted molar refractivity (Wildman–Crippen MR) is 59.6 cm³/mol. The van der Waals surface area contributed by atoms with Gasteiger partial charge in [-0.2, -0.15) is 5.10 Å². The summed E-state index contributed by atoms with van der Waals surface area (Å²) in [5.41, 5.74) is 0.787. The largest absolute Gasteiger partial charge is 0.480 e. The second-order valence-electron chi connectivity index (χ2n) is 4.16. The molecule has 0 spiro atoms. The first-order valence-electron chi connectivity index (χ1n) is 5.51. The number of aliphatic carboxylic acids is 1. The number of carbonyl (C=O) groups is 2. The topological polar surface area (TPSA) is 119 Å². The molecule has 2 heterocycles. The number of hydrogen-bond acceptors (Lipinski definition) is 4. The number of H-pyrrole nitrogens is 1. The number of aliphatic hydroxyl groups excluding tert-OH is 1. The zero-order chi connectivity index (χ0) is 13.1. The van der Waals surface area contributed by atoms with Crippen molar-refractivity contribution in [1.82, 2.24) is 20.4 Å². The summed E-state index contributed by atoms with van der Waals surface area (Å²) < 4.78 is 0. The molecule has 0 aliphatic carbocycles. The molecule has 1 aliphatic heterocycles. The Labute approximate surface area is 103 Å². The molecule has 0 saturated carbocycles. The van der Waals surface area contributed by atoms with Crippen LogP contribution < -0.4 is 5.32 Å². The molecule has 1 aliphatic rings. The van der Waals surface area contributed by atoms with Gasteiger partial charge in [0.2, 0.25) is 0 Å². The molecule has 0 radical (unpaired) electrons. The van der Waals surface area contributed by atoms with E-state index in [1.54, 1.807) is 12.4 Å². The Morgan fingerprint density at radius 2 is 2.39 bits per heavy atom. The van der Waals surface area contributed by atoms with Gasteiger partial charge in [-0.25, -0.2) is 9.59 Å². The van der Waals surface area contributed by atoms with Crippen molar-refractivity contribution in [3.8, 4) is 0 Å². The molecule has 1 fully saturated rings. The molecule has 2 amide bonds. The SMILES string of the molecule is O=C(O)C1CC(O)CN1C(=O)NCc1cn[nH]c1. The van der Waals surface area contributed by atoms with Gasteiger partial charge in [-0.15, -0.1) is 0 Å². The zero-order valence-electron chi connectivity index (χ0n) is 9.54. The fraction of sp³-hybridized carbons (Fsp3) is 0.500. The lowest BCUT2D eigenvalue weighted by Gasteiger charge is -2.21. The maximum Gasteiger partial charge on any atom is 0.326 e. The van der Waals surface area contributed by atoms with Gasteiger partial charge in [-0.05, 0) is 0 Å². The van der Waals surface area contributed by atoms with E-state index in [0.29, 0.717) is 0 Å². The Hall–Kier alpha value is -2.09. The van der Waals surface area contributed by atoms with Crippen LogP contribution in [0.4, 0.5) is 4.79 Å². The van der Waals surface area contributed by atoms with Gasteiger partial charge in [-0.3, -0.25) is 5.10 Å². The summed E-state index contributed by atoms with van der Waals surface area (Å²) in [5.74, 6) is -1.11. The number of rotatable bonds is 3. The number of amides is 2. The predicted octanol–water partition coefficient (Wildman–Crippen LogP) is -0.861. The van der Waals surface area contributed by atoms with Crippen LogP contribution in [-0.4, -0.2) is 56.0 Å². The number of urea groups is 1. The van der Waals surface area contributed by atoms with Gasteiger partial charge in [0, 0.05) is 31.3 Å². The number of aromatic amines is 1. The third kappa shape index (κ3) is 2.59. The monoisotopic (exact) mass is 254 g/mol. The second-order valence-corrected chi connectivity index (χ2v) is 4.16.